The van der Waals surface area contributed by atoms with E-state index in [2.05, 4.69) is 58.9 Å². The Hall–Kier alpha value is -4.70. The van der Waals surface area contributed by atoms with Crippen molar-refractivity contribution in [3.63, 3.8) is 0 Å². The molecule has 0 atom stereocenters. The molecular weight excluding hydrogens is 612 g/mol. The van der Waals surface area contributed by atoms with Crippen molar-refractivity contribution in [1.29, 1.82) is 0 Å². The number of nitrogens with zero attached hydrogens (tertiary/aromatic N) is 8. The van der Waals surface area contributed by atoms with Crippen LogP contribution in [0.4, 0.5) is 11.5 Å². The van der Waals surface area contributed by atoms with Gasteiger partial charge in [0.25, 0.3) is 11.6 Å². The first-order valence-corrected chi connectivity index (χ1v) is 13.8. The fraction of sp³-hybridized carbons (Fsp3) is 0.308. The molecule has 16 heteroatoms. The number of nitro groups is 1. The van der Waals surface area contributed by atoms with Crippen molar-refractivity contribution in [2.75, 3.05) is 18.8 Å². The summed E-state index contributed by atoms with van der Waals surface area (Å²) in [6.07, 6.45) is 3.32. The van der Waals surface area contributed by atoms with Crippen LogP contribution < -0.4 is 15.9 Å². The van der Waals surface area contributed by atoms with Gasteiger partial charge in [-0.3, -0.25) is 19.8 Å². The van der Waals surface area contributed by atoms with Crippen LogP contribution in [0.1, 0.15) is 47.1 Å². The third-order valence-corrected chi connectivity index (χ3v) is 7.33. The Morgan fingerprint density at radius 2 is 2.02 bits per heavy atom. The number of amides is 1. The lowest BCUT2D eigenvalue weighted by Crippen LogP contribution is -2.34. The van der Waals surface area contributed by atoms with Crippen LogP contribution in [0.5, 0.6) is 5.75 Å². The fourth-order valence-electron chi connectivity index (χ4n) is 4.40. The number of hydrogen-bond donors (Lipinski definition) is 2. The zero-order valence-electron chi connectivity index (χ0n) is 22.5. The second-order valence-electron chi connectivity index (χ2n) is 9.82. The van der Waals surface area contributed by atoms with Gasteiger partial charge in [-0.05, 0) is 65.9 Å². The number of nitrogens with two attached hydrogens (primary N) is 1. The lowest BCUT2D eigenvalue weighted by molar-refractivity contribution is -0.384. The molecule has 0 bridgehead atoms. The number of benzene rings is 2. The van der Waals surface area contributed by atoms with Crippen LogP contribution >= 0.6 is 15.9 Å². The molecule has 3 heterocycles. The van der Waals surface area contributed by atoms with Crippen molar-refractivity contribution in [3.8, 4) is 11.6 Å². The highest BCUT2D eigenvalue weighted by Gasteiger charge is 2.27. The summed E-state index contributed by atoms with van der Waals surface area (Å²) in [6, 6.07) is 11.7. The zero-order chi connectivity index (χ0) is 29.6. The summed E-state index contributed by atoms with van der Waals surface area (Å²) in [5.74, 6) is 0.445. The van der Waals surface area contributed by atoms with Crippen molar-refractivity contribution in [3.05, 3.63) is 79.6 Å². The molecule has 0 aliphatic carbocycles. The number of likely N-dealkylation sites (tertiary alicyclic amines) is 1. The normalized spacial score (nSPS) is 14.3. The van der Waals surface area contributed by atoms with Crippen LogP contribution in [0.25, 0.3) is 5.82 Å². The van der Waals surface area contributed by atoms with Gasteiger partial charge in [-0.25, -0.2) is 10.1 Å². The van der Waals surface area contributed by atoms with Gasteiger partial charge in [0.05, 0.1) is 16.8 Å². The number of anilines is 1. The molecular formula is C26H27BrN10O5. The molecule has 1 aliphatic heterocycles. The van der Waals surface area contributed by atoms with Crippen molar-refractivity contribution in [2.45, 2.75) is 32.9 Å². The molecule has 5 rings (SSSR count). The van der Waals surface area contributed by atoms with E-state index in [1.54, 1.807) is 0 Å². The lowest BCUT2D eigenvalue weighted by Gasteiger charge is -2.30. The smallest absolute Gasteiger partial charge is 0.293 e. The first kappa shape index (κ1) is 28.8. The Balaban J connectivity index is 1.36. The second-order valence-corrected chi connectivity index (χ2v) is 10.7. The van der Waals surface area contributed by atoms with Crippen LogP contribution in [-0.2, 0) is 13.2 Å². The maximum Gasteiger partial charge on any atom is 0.293 e. The number of carbonyl (C=O) groups excluding carboxylic acids is 1. The first-order chi connectivity index (χ1) is 20.3. The Kier molecular flexibility index (Phi) is 8.83. The lowest BCUT2D eigenvalue weighted by atomic mass is 9.99. The van der Waals surface area contributed by atoms with Gasteiger partial charge in [-0.15, -0.1) is 5.10 Å². The first-order valence-electron chi connectivity index (χ1n) is 13.0. The highest BCUT2D eigenvalue weighted by atomic mass is 79.9. The minimum atomic E-state index is -0.643. The highest BCUT2D eigenvalue weighted by Crippen LogP contribution is 2.25. The predicted octanol–water partition coefficient (Wildman–Crippen LogP) is 3.48. The molecule has 0 spiro atoms. The van der Waals surface area contributed by atoms with E-state index in [1.165, 1.54) is 29.1 Å². The van der Waals surface area contributed by atoms with Gasteiger partial charge < -0.3 is 10.5 Å². The molecule has 218 valence electrons. The highest BCUT2D eigenvalue weighted by molar-refractivity contribution is 9.10. The number of hydrazone groups is 1. The molecule has 1 amide bonds. The minimum absolute atomic E-state index is 0.000246. The Morgan fingerprint density at radius 1 is 1.26 bits per heavy atom. The van der Waals surface area contributed by atoms with Crippen molar-refractivity contribution < 1.29 is 19.1 Å². The molecule has 1 fully saturated rings. The fourth-order valence-corrected chi connectivity index (χ4v) is 4.66. The molecule has 4 aromatic rings. The van der Waals surface area contributed by atoms with E-state index in [9.17, 15) is 14.9 Å². The number of aromatic nitrogens is 5. The molecule has 2 aromatic carbocycles. The van der Waals surface area contributed by atoms with Gasteiger partial charge in [0.15, 0.2) is 5.69 Å². The second kappa shape index (κ2) is 12.9. The Bertz CT molecular complexity index is 1600. The number of carbonyl (C=O) groups is 1. The Morgan fingerprint density at radius 3 is 2.71 bits per heavy atom. The summed E-state index contributed by atoms with van der Waals surface area (Å²) in [5, 5.41) is 31.0. The van der Waals surface area contributed by atoms with Crippen LogP contribution in [0.2, 0.25) is 0 Å². The number of rotatable bonds is 10. The van der Waals surface area contributed by atoms with Gasteiger partial charge >= 0.3 is 0 Å². The monoisotopic (exact) mass is 638 g/mol. The number of piperidine rings is 1. The van der Waals surface area contributed by atoms with Crippen molar-refractivity contribution in [2.24, 2.45) is 11.0 Å². The van der Waals surface area contributed by atoms with Crippen molar-refractivity contribution >= 4 is 39.6 Å². The zero-order valence-corrected chi connectivity index (χ0v) is 24.1. The molecule has 15 nitrogen and oxygen atoms in total. The van der Waals surface area contributed by atoms with Crippen LogP contribution in [0.3, 0.4) is 0 Å². The number of ether oxygens (including phenoxy) is 1. The van der Waals surface area contributed by atoms with Crippen LogP contribution in [0.15, 0.2) is 56.7 Å². The standard InChI is InChI=1S/C26H27BrN10O5/c1-16-8-10-35(11-9-16)14-21-23(30-34-36(21)25-24(28)32-42-33-25)26(38)31-29-13-18-12-20(37(39)40)6-7-22(18)41-15-17-2-4-19(27)5-3-17/h2-7,12-13,16H,8-11,14-15H2,1H3,(H2,28,32)(H,31,38)/b29-13+. The van der Waals surface area contributed by atoms with Gasteiger partial charge in [-0.2, -0.15) is 9.78 Å². The maximum absolute atomic E-state index is 13.2. The number of hydrogen-bond acceptors (Lipinski definition) is 12. The van der Waals surface area contributed by atoms with Gasteiger partial charge in [0.1, 0.15) is 12.4 Å². The molecule has 1 saturated heterocycles. The van der Waals surface area contributed by atoms with Crippen LogP contribution in [-0.4, -0.2) is 60.3 Å². The van der Waals surface area contributed by atoms with Gasteiger partial charge in [0, 0.05) is 28.7 Å². The predicted molar refractivity (Wildman–Crippen MR) is 154 cm³/mol. The van der Waals surface area contributed by atoms with E-state index in [-0.39, 0.29) is 29.6 Å². The largest absolute Gasteiger partial charge is 0.488 e. The van der Waals surface area contributed by atoms with E-state index in [4.69, 9.17) is 15.1 Å². The van der Waals surface area contributed by atoms with Crippen molar-refractivity contribution in [1.82, 2.24) is 35.6 Å². The Labute approximate surface area is 247 Å². The van der Waals surface area contributed by atoms with Gasteiger partial charge in [-0.1, -0.05) is 40.2 Å². The molecule has 42 heavy (non-hydrogen) atoms. The average Bonchev–Trinajstić information content (AvgIpc) is 3.59. The van der Waals surface area contributed by atoms with Gasteiger partial charge in [0.2, 0.25) is 11.6 Å². The third-order valence-electron chi connectivity index (χ3n) is 6.81. The summed E-state index contributed by atoms with van der Waals surface area (Å²) >= 11 is 3.39. The number of halogens is 1. The van der Waals surface area contributed by atoms with E-state index in [0.29, 0.717) is 29.5 Å². The van der Waals surface area contributed by atoms with E-state index < -0.39 is 10.8 Å². The summed E-state index contributed by atoms with van der Waals surface area (Å²) in [7, 11) is 0. The summed E-state index contributed by atoms with van der Waals surface area (Å²) in [4.78, 5) is 26.3. The average molecular weight is 639 g/mol. The summed E-state index contributed by atoms with van der Waals surface area (Å²) in [6.45, 7) is 4.47. The topological polar surface area (TPSA) is 193 Å². The maximum atomic E-state index is 13.2. The van der Waals surface area contributed by atoms with E-state index >= 15 is 0 Å². The number of nitrogen functional groups attached to an aromatic ring is 1. The molecule has 2 aromatic heterocycles. The third kappa shape index (κ3) is 6.77. The SMILES string of the molecule is CC1CCN(Cc2c(C(=O)N/N=C/c3cc([N+](=O)[O-])ccc3OCc3ccc(Br)cc3)nnn2-c2nonc2N)CC1. The molecule has 0 saturated carbocycles. The molecule has 0 unspecified atom stereocenters. The summed E-state index contributed by atoms with van der Waals surface area (Å²) < 4.78 is 12.9. The number of non-ortho nitro benzene ring substituents is 1. The van der Waals surface area contributed by atoms with Crippen LogP contribution in [0, 0.1) is 16.0 Å². The molecule has 1 aliphatic rings. The number of nitro benzene ring substituents is 1. The minimum Gasteiger partial charge on any atom is -0.488 e. The quantitative estimate of drug-likeness (QED) is 0.147. The molecule has 3 N–H and O–H groups in total. The molecule has 0 radical (unpaired) electrons. The summed E-state index contributed by atoms with van der Waals surface area (Å²) in [5.41, 5.74) is 9.81. The number of nitrogens with one attached hydrogen (secondary N) is 1. The van der Waals surface area contributed by atoms with E-state index in [1.807, 2.05) is 24.3 Å². The van der Waals surface area contributed by atoms with E-state index in [0.717, 1.165) is 36.0 Å².